The first-order chi connectivity index (χ1) is 14.1. The van der Waals surface area contributed by atoms with Crippen molar-refractivity contribution in [3.05, 3.63) is 30.9 Å². The van der Waals surface area contributed by atoms with Crippen LogP contribution in [0.15, 0.2) is 30.9 Å². The molecule has 0 radical (unpaired) electrons. The van der Waals surface area contributed by atoms with E-state index in [1.165, 1.54) is 77.0 Å². The van der Waals surface area contributed by atoms with Gasteiger partial charge in [0.1, 0.15) is 12.4 Å². The molecule has 0 aliphatic heterocycles. The van der Waals surface area contributed by atoms with E-state index in [-0.39, 0.29) is 6.61 Å². The van der Waals surface area contributed by atoms with Crippen LogP contribution >= 0.6 is 0 Å². The van der Waals surface area contributed by atoms with E-state index in [4.69, 9.17) is 0 Å². The highest BCUT2D eigenvalue weighted by Gasteiger charge is 1.95. The van der Waals surface area contributed by atoms with Crippen molar-refractivity contribution in [2.24, 2.45) is 0 Å². The Labute approximate surface area is 178 Å². The summed E-state index contributed by atoms with van der Waals surface area (Å²) in [5.74, 6) is 0. The Balaban J connectivity index is 0.00000135. The first-order valence-electron chi connectivity index (χ1n) is 11.3. The number of aromatic nitrogens is 2. The molecule has 0 aromatic carbocycles. The molecule has 1 aromatic rings. The van der Waals surface area contributed by atoms with Gasteiger partial charge in [0.25, 0.3) is 0 Å². The molecule has 0 spiro atoms. The summed E-state index contributed by atoms with van der Waals surface area (Å²) in [5, 5.41) is 0. The maximum absolute atomic E-state index is 10.2. The van der Waals surface area contributed by atoms with Crippen LogP contribution in [0.2, 0.25) is 0 Å². The van der Waals surface area contributed by atoms with E-state index in [0.29, 0.717) is 6.42 Å². The molecule has 7 heteroatoms. The van der Waals surface area contributed by atoms with Crippen molar-refractivity contribution in [3.63, 3.8) is 0 Å². The summed E-state index contributed by atoms with van der Waals surface area (Å²) in [6.45, 7) is 2.28. The molecule has 0 fully saturated rings. The molecule has 29 heavy (non-hydrogen) atoms. The summed E-state index contributed by atoms with van der Waals surface area (Å²) in [5.41, 5.74) is 0. The Morgan fingerprint density at radius 3 is 1.79 bits per heavy atom. The second kappa shape index (κ2) is 21.5. The van der Waals surface area contributed by atoms with Crippen LogP contribution in [-0.2, 0) is 14.6 Å². The van der Waals surface area contributed by atoms with E-state index in [1.54, 1.807) is 6.33 Å². The molecule has 0 saturated heterocycles. The number of rotatable bonds is 18. The number of imidazole rings is 1. The number of hydrogen-bond acceptors (Lipinski definition) is 4. The quantitative estimate of drug-likeness (QED) is 0.139. The average Bonchev–Trinajstić information content (AvgIpc) is 3.26. The zero-order chi connectivity index (χ0) is 21.5. The lowest BCUT2D eigenvalue weighted by atomic mass is 10.1. The van der Waals surface area contributed by atoms with Crippen molar-refractivity contribution in [2.45, 2.75) is 103 Å². The fraction of sp³-hybridized carbons (Fsp3) is 0.773. The molecule has 2 N–H and O–H groups in total. The van der Waals surface area contributed by atoms with Crippen molar-refractivity contribution in [3.8, 4) is 0 Å². The van der Waals surface area contributed by atoms with Gasteiger partial charge < -0.3 is 4.55 Å². The van der Waals surface area contributed by atoms with Gasteiger partial charge >= 0.3 is 0 Å². The molecule has 0 amide bonds. The third-order valence-electron chi connectivity index (χ3n) is 4.58. The van der Waals surface area contributed by atoms with Gasteiger partial charge in [-0.15, -0.1) is 0 Å². The monoisotopic (exact) mass is 430 g/mol. The Bertz CT molecular complexity index is 528. The summed E-state index contributed by atoms with van der Waals surface area (Å²) in [6.07, 6.45) is 28.2. The Morgan fingerprint density at radius 1 is 0.862 bits per heavy atom. The van der Waals surface area contributed by atoms with Gasteiger partial charge in [0.15, 0.2) is 0 Å². The molecule has 0 unspecified atom stereocenters. The number of aromatic amines is 2. The second-order valence-electron chi connectivity index (χ2n) is 7.33. The number of allylic oxidation sites excluding steroid dienone is 2. The van der Waals surface area contributed by atoms with Crippen molar-refractivity contribution in [2.75, 3.05) is 6.61 Å². The van der Waals surface area contributed by atoms with Crippen LogP contribution < -0.4 is 4.98 Å². The van der Waals surface area contributed by atoms with E-state index < -0.39 is 10.4 Å². The molecule has 0 aliphatic carbocycles. The standard InChI is InChI=1S/C19H38O4S.C3H4N2/c1-2-3-4-5-6-7-8-9-10-11-12-13-14-15-16-17-18-19-23-24(20,21)22;1-2-5-3-4-1/h9-10H,2-8,11-19H2,1H3,(H,20,21,22);1-3H,(H,4,5)/b10-9-;. The van der Waals surface area contributed by atoms with Crippen LogP contribution in [-0.4, -0.2) is 24.6 Å². The maximum atomic E-state index is 10.2. The van der Waals surface area contributed by atoms with E-state index in [1.807, 2.05) is 12.4 Å². The van der Waals surface area contributed by atoms with Crippen molar-refractivity contribution in [1.82, 2.24) is 4.98 Å². The lowest BCUT2D eigenvalue weighted by molar-refractivity contribution is -0.375. The highest BCUT2D eigenvalue weighted by atomic mass is 32.3. The normalized spacial score (nSPS) is 11.5. The molecule has 1 aromatic heterocycles. The number of hydrogen-bond donors (Lipinski definition) is 1. The summed E-state index contributed by atoms with van der Waals surface area (Å²) >= 11 is 0. The average molecular weight is 431 g/mol. The topological polar surface area (TPSA) is 96.4 Å². The molecule has 0 aliphatic rings. The number of unbranched alkanes of at least 4 members (excludes halogenated alkanes) is 13. The Kier molecular flexibility index (Phi) is 20.7. The molecule has 0 atom stereocenters. The van der Waals surface area contributed by atoms with Gasteiger partial charge in [0, 0.05) is 0 Å². The fourth-order valence-electron chi connectivity index (χ4n) is 2.93. The molecule has 6 nitrogen and oxygen atoms in total. The second-order valence-corrected chi connectivity index (χ2v) is 8.38. The SMILES string of the molecule is CCCCCCCC/C=C\CCCCCCCCCOS(=O)(=O)[O-].c1c[nH+]c[nH]1. The third-order valence-corrected chi connectivity index (χ3v) is 5.03. The van der Waals surface area contributed by atoms with Crippen LogP contribution in [0.4, 0.5) is 0 Å². The smallest absolute Gasteiger partial charge is 0.239 e. The van der Waals surface area contributed by atoms with Gasteiger partial charge in [-0.1, -0.05) is 83.3 Å². The van der Waals surface area contributed by atoms with Crippen molar-refractivity contribution < 1.29 is 22.1 Å². The lowest BCUT2D eigenvalue weighted by Crippen LogP contribution is -2.05. The molecule has 1 heterocycles. The van der Waals surface area contributed by atoms with E-state index >= 15 is 0 Å². The van der Waals surface area contributed by atoms with Gasteiger partial charge in [-0.3, -0.25) is 14.2 Å². The Morgan fingerprint density at radius 2 is 1.38 bits per heavy atom. The van der Waals surface area contributed by atoms with Gasteiger partial charge in [-0.05, 0) is 32.1 Å². The van der Waals surface area contributed by atoms with Gasteiger partial charge in [-0.25, -0.2) is 8.42 Å². The fourth-order valence-corrected chi connectivity index (χ4v) is 3.25. The first kappa shape index (κ1) is 27.8. The molecular formula is C22H42N2O4S. The number of nitrogens with one attached hydrogen (secondary N) is 2. The van der Waals surface area contributed by atoms with Crippen LogP contribution in [0.25, 0.3) is 0 Å². The molecular weight excluding hydrogens is 388 g/mol. The highest BCUT2D eigenvalue weighted by Crippen LogP contribution is 2.10. The van der Waals surface area contributed by atoms with Gasteiger partial charge in [-0.2, -0.15) is 0 Å². The highest BCUT2D eigenvalue weighted by molar-refractivity contribution is 7.80. The van der Waals surface area contributed by atoms with E-state index in [0.717, 1.165) is 12.8 Å². The van der Waals surface area contributed by atoms with Gasteiger partial charge in [0.05, 0.1) is 6.61 Å². The summed E-state index contributed by atoms with van der Waals surface area (Å²) in [7, 11) is -4.50. The molecule has 170 valence electrons. The van der Waals surface area contributed by atoms with Crippen LogP contribution in [0.3, 0.4) is 0 Å². The molecule has 0 saturated carbocycles. The molecule has 0 bridgehead atoms. The minimum absolute atomic E-state index is 0.0230. The Hall–Kier alpha value is -1.18. The maximum Gasteiger partial charge on any atom is 0.239 e. The van der Waals surface area contributed by atoms with Gasteiger partial charge in [0.2, 0.25) is 16.7 Å². The van der Waals surface area contributed by atoms with Crippen LogP contribution in [0.1, 0.15) is 103 Å². The summed E-state index contributed by atoms with van der Waals surface area (Å²) < 4.78 is 34.8. The zero-order valence-corrected chi connectivity index (χ0v) is 19.1. The lowest BCUT2D eigenvalue weighted by Gasteiger charge is -2.06. The number of H-pyrrole nitrogens is 2. The largest absolute Gasteiger partial charge is 0.726 e. The summed E-state index contributed by atoms with van der Waals surface area (Å²) in [4.78, 5) is 5.61. The van der Waals surface area contributed by atoms with E-state index in [2.05, 4.69) is 33.2 Å². The summed E-state index contributed by atoms with van der Waals surface area (Å²) in [6, 6.07) is 0. The van der Waals surface area contributed by atoms with Crippen LogP contribution in [0, 0.1) is 0 Å². The predicted molar refractivity (Wildman–Crippen MR) is 117 cm³/mol. The molecule has 1 rings (SSSR count). The zero-order valence-electron chi connectivity index (χ0n) is 18.2. The third kappa shape index (κ3) is 26.8. The van der Waals surface area contributed by atoms with E-state index in [9.17, 15) is 13.0 Å². The first-order valence-corrected chi connectivity index (χ1v) is 12.6. The minimum atomic E-state index is -4.50. The predicted octanol–water partition coefficient (Wildman–Crippen LogP) is 5.72. The minimum Gasteiger partial charge on any atom is -0.726 e. The van der Waals surface area contributed by atoms with Crippen molar-refractivity contribution >= 4 is 10.4 Å². The van der Waals surface area contributed by atoms with Crippen molar-refractivity contribution in [1.29, 1.82) is 0 Å². The van der Waals surface area contributed by atoms with Crippen LogP contribution in [0.5, 0.6) is 0 Å².